The lowest BCUT2D eigenvalue weighted by atomic mass is 9.83. The zero-order valence-electron chi connectivity index (χ0n) is 22.8. The molecule has 3 aromatic rings. The summed E-state index contributed by atoms with van der Waals surface area (Å²) in [5.41, 5.74) is 8.79. The lowest BCUT2D eigenvalue weighted by molar-refractivity contribution is -0.139. The molecule has 0 spiro atoms. The number of carbonyl (C=O) groups is 1. The molecule has 0 bridgehead atoms. The highest BCUT2D eigenvalue weighted by molar-refractivity contribution is 5.86. The van der Waals surface area contributed by atoms with Gasteiger partial charge in [-0.2, -0.15) is 0 Å². The molecule has 0 radical (unpaired) electrons. The summed E-state index contributed by atoms with van der Waals surface area (Å²) in [4.78, 5) is 11.6. The first-order valence-corrected chi connectivity index (χ1v) is 13.9. The molecule has 38 heavy (non-hydrogen) atoms. The topological polar surface area (TPSA) is 55.8 Å². The molecule has 0 amide bonds. The average Bonchev–Trinajstić information content (AvgIpc) is 2.96. The first-order valence-electron chi connectivity index (χ1n) is 13.9. The van der Waals surface area contributed by atoms with Gasteiger partial charge in [-0.15, -0.1) is 0 Å². The van der Waals surface area contributed by atoms with Gasteiger partial charge in [0, 0.05) is 12.2 Å². The van der Waals surface area contributed by atoms with Crippen molar-refractivity contribution < 1.29 is 19.4 Å². The van der Waals surface area contributed by atoms with Crippen LogP contribution in [0.15, 0.2) is 72.8 Å². The number of hydrogen-bond donors (Lipinski definition) is 1. The van der Waals surface area contributed by atoms with Gasteiger partial charge in [-0.1, -0.05) is 87.4 Å². The van der Waals surface area contributed by atoms with Crippen LogP contribution in [0.5, 0.6) is 5.75 Å². The summed E-state index contributed by atoms with van der Waals surface area (Å²) >= 11 is 0. The summed E-state index contributed by atoms with van der Waals surface area (Å²) in [5, 5.41) is 9.50. The maximum absolute atomic E-state index is 11.6. The van der Waals surface area contributed by atoms with Crippen LogP contribution in [0.3, 0.4) is 0 Å². The van der Waals surface area contributed by atoms with Gasteiger partial charge in [-0.3, -0.25) is 0 Å². The highest BCUT2D eigenvalue weighted by Gasteiger charge is 2.16. The zero-order valence-corrected chi connectivity index (χ0v) is 22.8. The van der Waals surface area contributed by atoms with Crippen LogP contribution < -0.4 is 4.74 Å². The molecule has 4 rings (SSSR count). The number of carbonyl (C=O) groups excluding carboxylic acids is 1. The van der Waals surface area contributed by atoms with Gasteiger partial charge >= 0.3 is 5.97 Å². The van der Waals surface area contributed by atoms with Crippen LogP contribution in [-0.4, -0.2) is 30.9 Å². The van der Waals surface area contributed by atoms with Gasteiger partial charge in [0.2, 0.25) is 0 Å². The van der Waals surface area contributed by atoms with Crippen LogP contribution in [0, 0.1) is 0 Å². The Balaban J connectivity index is 1.52. The number of benzene rings is 3. The average molecular weight is 513 g/mol. The van der Waals surface area contributed by atoms with E-state index in [0.717, 1.165) is 23.1 Å². The Bertz CT molecular complexity index is 1240. The Morgan fingerprint density at radius 1 is 0.895 bits per heavy atom. The van der Waals surface area contributed by atoms with Crippen LogP contribution in [0.1, 0.15) is 68.6 Å². The molecule has 0 atom stereocenters. The van der Waals surface area contributed by atoms with Crippen molar-refractivity contribution in [2.75, 3.05) is 19.8 Å². The summed E-state index contributed by atoms with van der Waals surface area (Å²) in [5.74, 6) is 0.992. The number of aliphatic hydroxyl groups is 1. The first-order chi connectivity index (χ1) is 18.5. The van der Waals surface area contributed by atoms with E-state index in [-0.39, 0.29) is 19.8 Å². The van der Waals surface area contributed by atoms with E-state index in [1.165, 1.54) is 54.4 Å². The van der Waals surface area contributed by atoms with Gasteiger partial charge in [0.15, 0.2) is 0 Å². The fourth-order valence-corrected chi connectivity index (χ4v) is 5.32. The number of esters is 1. The Morgan fingerprint density at radius 3 is 2.26 bits per heavy atom. The van der Waals surface area contributed by atoms with E-state index < -0.39 is 5.97 Å². The van der Waals surface area contributed by atoms with Crippen molar-refractivity contribution in [2.24, 2.45) is 0 Å². The minimum atomic E-state index is -0.422. The molecule has 1 fully saturated rings. The first kappa shape index (κ1) is 27.7. The van der Waals surface area contributed by atoms with Crippen molar-refractivity contribution in [1.29, 1.82) is 0 Å². The maximum atomic E-state index is 11.6. The smallest absolute Gasteiger partial charge is 0.333 e. The SMILES string of the molecule is C=C(C)C(=O)OCCOc1cc(-c2ccc(-c3ccc(C4CCCCC4)cc3)c(CC)c2)ccc1CCO. The molecule has 1 N–H and O–H groups in total. The molecule has 0 aromatic heterocycles. The van der Waals surface area contributed by atoms with Crippen molar-refractivity contribution in [1.82, 2.24) is 0 Å². The molecular weight excluding hydrogens is 472 g/mol. The predicted octanol–water partition coefficient (Wildman–Crippen LogP) is 7.66. The van der Waals surface area contributed by atoms with E-state index in [9.17, 15) is 9.90 Å². The normalized spacial score (nSPS) is 13.8. The van der Waals surface area contributed by atoms with Crippen LogP contribution in [-0.2, 0) is 22.4 Å². The molecular formula is C34H40O4. The molecule has 0 aliphatic heterocycles. The van der Waals surface area contributed by atoms with E-state index in [0.29, 0.717) is 23.7 Å². The number of rotatable bonds is 11. The zero-order chi connectivity index (χ0) is 26.9. The number of aryl methyl sites for hydroxylation is 1. The monoisotopic (exact) mass is 512 g/mol. The van der Waals surface area contributed by atoms with Crippen molar-refractivity contribution in [3.8, 4) is 28.0 Å². The highest BCUT2D eigenvalue weighted by atomic mass is 16.6. The van der Waals surface area contributed by atoms with E-state index in [1.54, 1.807) is 6.92 Å². The maximum Gasteiger partial charge on any atom is 0.333 e. The van der Waals surface area contributed by atoms with Gasteiger partial charge in [0.05, 0.1) is 0 Å². The Morgan fingerprint density at radius 2 is 1.58 bits per heavy atom. The number of aliphatic hydroxyl groups excluding tert-OH is 1. The molecule has 3 aromatic carbocycles. The quantitative estimate of drug-likeness (QED) is 0.163. The second kappa shape index (κ2) is 13.4. The molecule has 0 unspecified atom stereocenters. The molecule has 4 heteroatoms. The molecule has 4 nitrogen and oxygen atoms in total. The molecule has 200 valence electrons. The lowest BCUT2D eigenvalue weighted by Gasteiger charge is -2.22. The largest absolute Gasteiger partial charge is 0.490 e. The minimum Gasteiger partial charge on any atom is -0.490 e. The summed E-state index contributed by atoms with van der Waals surface area (Å²) in [6.07, 6.45) is 8.15. The fourth-order valence-electron chi connectivity index (χ4n) is 5.32. The third-order valence-electron chi connectivity index (χ3n) is 7.49. The fraction of sp³-hybridized carbons (Fsp3) is 0.382. The minimum absolute atomic E-state index is 0.0363. The Kier molecular flexibility index (Phi) is 9.78. The summed E-state index contributed by atoms with van der Waals surface area (Å²) < 4.78 is 11.1. The molecule has 1 aliphatic rings. The van der Waals surface area contributed by atoms with Crippen molar-refractivity contribution in [3.63, 3.8) is 0 Å². The molecule has 1 saturated carbocycles. The van der Waals surface area contributed by atoms with Crippen LogP contribution in [0.4, 0.5) is 0 Å². The Labute approximate surface area is 227 Å². The Hall–Kier alpha value is -3.37. The third-order valence-corrected chi connectivity index (χ3v) is 7.49. The van der Waals surface area contributed by atoms with Crippen molar-refractivity contribution >= 4 is 5.97 Å². The van der Waals surface area contributed by atoms with Crippen LogP contribution in [0.2, 0.25) is 0 Å². The summed E-state index contributed by atoms with van der Waals surface area (Å²) in [6, 6.07) is 22.0. The molecule has 0 heterocycles. The molecule has 0 saturated heterocycles. The third kappa shape index (κ3) is 6.93. The lowest BCUT2D eigenvalue weighted by Crippen LogP contribution is -2.13. The predicted molar refractivity (Wildman–Crippen MR) is 155 cm³/mol. The summed E-state index contributed by atoms with van der Waals surface area (Å²) in [6.45, 7) is 7.82. The van der Waals surface area contributed by atoms with Gasteiger partial charge in [-0.25, -0.2) is 4.79 Å². The van der Waals surface area contributed by atoms with E-state index in [1.807, 2.05) is 12.1 Å². The van der Waals surface area contributed by atoms with E-state index in [4.69, 9.17) is 9.47 Å². The van der Waals surface area contributed by atoms with Gasteiger partial charge in [-0.05, 0) is 83.5 Å². The van der Waals surface area contributed by atoms with Crippen molar-refractivity contribution in [3.05, 3.63) is 89.5 Å². The highest BCUT2D eigenvalue weighted by Crippen LogP contribution is 2.35. The van der Waals surface area contributed by atoms with E-state index in [2.05, 4.69) is 62.0 Å². The standard InChI is InChI=1S/C34H40O4/c1-4-25-22-30(16-17-32(25)28-12-10-27(11-13-28)26-8-6-5-7-9-26)31-15-14-29(18-19-35)33(23-31)37-20-21-38-34(36)24(2)3/h10-17,22-23,26,35H,2,4-9,18-21H2,1,3H3. The van der Waals surface area contributed by atoms with Gasteiger partial charge in [0.25, 0.3) is 0 Å². The van der Waals surface area contributed by atoms with Crippen molar-refractivity contribution in [2.45, 2.75) is 64.7 Å². The second-order valence-corrected chi connectivity index (χ2v) is 10.2. The van der Waals surface area contributed by atoms with E-state index >= 15 is 0 Å². The van der Waals surface area contributed by atoms with Crippen LogP contribution in [0.25, 0.3) is 22.3 Å². The number of ether oxygens (including phenoxy) is 2. The molecule has 1 aliphatic carbocycles. The number of hydrogen-bond acceptors (Lipinski definition) is 4. The summed E-state index contributed by atoms with van der Waals surface area (Å²) in [7, 11) is 0. The van der Waals surface area contributed by atoms with Gasteiger partial charge in [0.1, 0.15) is 19.0 Å². The van der Waals surface area contributed by atoms with Gasteiger partial charge < -0.3 is 14.6 Å². The van der Waals surface area contributed by atoms with Crippen LogP contribution >= 0.6 is 0 Å². The second-order valence-electron chi connectivity index (χ2n) is 10.2.